The maximum Gasteiger partial charge on any atom is 0.0791 e. The van der Waals surface area contributed by atoms with Gasteiger partial charge in [-0.15, -0.1) is 11.3 Å². The average Bonchev–Trinajstić information content (AvgIpc) is 2.67. The molecule has 1 aliphatic heterocycles. The lowest BCUT2D eigenvalue weighted by Gasteiger charge is -2.09. The summed E-state index contributed by atoms with van der Waals surface area (Å²) in [5, 5.41) is 2.24. The fraction of sp³-hybridized carbons (Fsp3) is 0.364. The second-order valence-corrected chi connectivity index (χ2v) is 4.17. The van der Waals surface area contributed by atoms with Crippen molar-refractivity contribution in [3.63, 3.8) is 0 Å². The lowest BCUT2D eigenvalue weighted by molar-refractivity contribution is 0.743. The van der Waals surface area contributed by atoms with Gasteiger partial charge in [0.1, 0.15) is 0 Å². The molecule has 0 spiro atoms. The van der Waals surface area contributed by atoms with Crippen LogP contribution in [-0.4, -0.2) is 6.21 Å². The number of thiophene rings is 1. The smallest absolute Gasteiger partial charge is 0.0791 e. The Kier molecular flexibility index (Phi) is 2.60. The highest BCUT2D eigenvalue weighted by molar-refractivity contribution is 7.10. The molecule has 0 amide bonds. The Morgan fingerprint density at radius 2 is 2.54 bits per heavy atom. The summed E-state index contributed by atoms with van der Waals surface area (Å²) in [4.78, 5) is 5.90. The first kappa shape index (κ1) is 8.70. The van der Waals surface area contributed by atoms with Gasteiger partial charge < -0.3 is 0 Å². The van der Waals surface area contributed by atoms with Crippen LogP contribution >= 0.6 is 11.3 Å². The first-order chi connectivity index (χ1) is 6.40. The van der Waals surface area contributed by atoms with E-state index in [9.17, 15) is 0 Å². The maximum absolute atomic E-state index is 4.44. The van der Waals surface area contributed by atoms with Gasteiger partial charge in [0.15, 0.2) is 0 Å². The topological polar surface area (TPSA) is 12.4 Å². The van der Waals surface area contributed by atoms with Crippen molar-refractivity contribution < 1.29 is 0 Å². The lowest BCUT2D eigenvalue weighted by Crippen LogP contribution is -1.95. The molecule has 2 rings (SSSR count). The summed E-state index contributed by atoms with van der Waals surface area (Å²) >= 11 is 1.85. The zero-order valence-corrected chi connectivity index (χ0v) is 8.55. The monoisotopic (exact) mass is 191 g/mol. The third-order valence-electron chi connectivity index (χ3n) is 2.25. The molecule has 0 saturated heterocycles. The van der Waals surface area contributed by atoms with Crippen LogP contribution in [0.1, 0.15) is 29.8 Å². The number of hydrogen-bond donors (Lipinski definition) is 0. The predicted octanol–water partition coefficient (Wildman–Crippen LogP) is 3.38. The van der Waals surface area contributed by atoms with E-state index in [0.717, 1.165) is 12.8 Å². The largest absolute Gasteiger partial charge is 0.285 e. The minimum atomic E-state index is 0.376. The van der Waals surface area contributed by atoms with Gasteiger partial charge in [-0.25, -0.2) is 0 Å². The standard InChI is InChI=1S/C11H13NS/c1-2-10-7-9(8-13-10)11-5-3-4-6-12-11/h3-4,6-8,11H,2,5H2,1H3. The van der Waals surface area contributed by atoms with Crippen molar-refractivity contribution in [1.29, 1.82) is 0 Å². The highest BCUT2D eigenvalue weighted by Gasteiger charge is 2.10. The van der Waals surface area contributed by atoms with E-state index in [-0.39, 0.29) is 0 Å². The number of aliphatic imine (C=N–C) groups is 1. The molecule has 1 aromatic heterocycles. The van der Waals surface area contributed by atoms with Crippen molar-refractivity contribution in [2.24, 2.45) is 4.99 Å². The van der Waals surface area contributed by atoms with Crippen LogP contribution < -0.4 is 0 Å². The number of aryl methyl sites for hydroxylation is 1. The van der Waals surface area contributed by atoms with Gasteiger partial charge in [0.25, 0.3) is 0 Å². The molecule has 2 heterocycles. The third kappa shape index (κ3) is 1.89. The number of hydrogen-bond acceptors (Lipinski definition) is 2. The molecule has 68 valence electrons. The maximum atomic E-state index is 4.44. The van der Waals surface area contributed by atoms with Crippen LogP contribution in [-0.2, 0) is 6.42 Å². The second-order valence-electron chi connectivity index (χ2n) is 3.18. The van der Waals surface area contributed by atoms with Crippen molar-refractivity contribution in [1.82, 2.24) is 0 Å². The summed E-state index contributed by atoms with van der Waals surface area (Å²) in [6.07, 6.45) is 8.29. The van der Waals surface area contributed by atoms with Gasteiger partial charge >= 0.3 is 0 Å². The van der Waals surface area contributed by atoms with Gasteiger partial charge in [-0.05, 0) is 35.9 Å². The fourth-order valence-corrected chi connectivity index (χ4v) is 2.35. The van der Waals surface area contributed by atoms with Gasteiger partial charge in [-0.1, -0.05) is 13.0 Å². The van der Waals surface area contributed by atoms with Crippen LogP contribution in [0.4, 0.5) is 0 Å². The molecule has 1 unspecified atom stereocenters. The Labute approximate surface area is 82.8 Å². The molecule has 0 aromatic carbocycles. The number of allylic oxidation sites excluding steroid dienone is 1. The number of nitrogens with zero attached hydrogens (tertiary/aromatic N) is 1. The molecule has 1 aromatic rings. The molecule has 0 saturated carbocycles. The van der Waals surface area contributed by atoms with E-state index in [1.165, 1.54) is 10.4 Å². The molecule has 0 aliphatic carbocycles. The van der Waals surface area contributed by atoms with Gasteiger partial charge in [0.2, 0.25) is 0 Å². The quantitative estimate of drug-likeness (QED) is 0.679. The van der Waals surface area contributed by atoms with Crippen molar-refractivity contribution in [3.8, 4) is 0 Å². The highest BCUT2D eigenvalue weighted by Crippen LogP contribution is 2.27. The molecular formula is C11H13NS. The van der Waals surface area contributed by atoms with E-state index in [2.05, 4.69) is 29.4 Å². The lowest BCUT2D eigenvalue weighted by atomic mass is 10.1. The minimum Gasteiger partial charge on any atom is -0.285 e. The zero-order chi connectivity index (χ0) is 9.10. The molecule has 13 heavy (non-hydrogen) atoms. The Balaban J connectivity index is 2.16. The third-order valence-corrected chi connectivity index (χ3v) is 3.35. The Morgan fingerprint density at radius 1 is 1.62 bits per heavy atom. The van der Waals surface area contributed by atoms with Crippen LogP contribution in [0, 0.1) is 0 Å². The molecule has 0 radical (unpaired) electrons. The first-order valence-electron chi connectivity index (χ1n) is 4.65. The summed E-state index contributed by atoms with van der Waals surface area (Å²) in [6, 6.07) is 2.66. The summed E-state index contributed by atoms with van der Waals surface area (Å²) < 4.78 is 0. The number of rotatable bonds is 2. The van der Waals surface area contributed by atoms with Crippen LogP contribution in [0.5, 0.6) is 0 Å². The molecular weight excluding hydrogens is 178 g/mol. The van der Waals surface area contributed by atoms with Crippen LogP contribution in [0.25, 0.3) is 0 Å². The van der Waals surface area contributed by atoms with E-state index in [1.807, 2.05) is 23.6 Å². The second kappa shape index (κ2) is 3.88. The van der Waals surface area contributed by atoms with E-state index in [1.54, 1.807) is 0 Å². The van der Waals surface area contributed by atoms with Crippen molar-refractivity contribution in [2.75, 3.05) is 0 Å². The van der Waals surface area contributed by atoms with Crippen molar-refractivity contribution in [2.45, 2.75) is 25.8 Å². The normalized spacial score (nSPS) is 20.8. The SMILES string of the molecule is CCc1cc(C2CC=CC=N2)cs1. The van der Waals surface area contributed by atoms with Gasteiger partial charge in [-0.2, -0.15) is 0 Å². The predicted molar refractivity (Wildman–Crippen MR) is 58.7 cm³/mol. The van der Waals surface area contributed by atoms with Gasteiger partial charge in [-0.3, -0.25) is 4.99 Å². The van der Waals surface area contributed by atoms with E-state index in [0.29, 0.717) is 6.04 Å². The van der Waals surface area contributed by atoms with E-state index < -0.39 is 0 Å². The van der Waals surface area contributed by atoms with Crippen molar-refractivity contribution >= 4 is 17.6 Å². The molecule has 0 N–H and O–H groups in total. The summed E-state index contributed by atoms with van der Waals surface area (Å²) in [5.74, 6) is 0. The van der Waals surface area contributed by atoms with Crippen LogP contribution in [0.2, 0.25) is 0 Å². The molecule has 1 atom stereocenters. The van der Waals surface area contributed by atoms with E-state index >= 15 is 0 Å². The fourth-order valence-electron chi connectivity index (χ4n) is 1.46. The molecule has 1 aliphatic rings. The molecule has 2 heteroatoms. The Morgan fingerprint density at radius 3 is 3.15 bits per heavy atom. The summed E-state index contributed by atoms with van der Waals surface area (Å²) in [6.45, 7) is 2.19. The van der Waals surface area contributed by atoms with Crippen molar-refractivity contribution in [3.05, 3.63) is 34.0 Å². The zero-order valence-electron chi connectivity index (χ0n) is 7.73. The Bertz CT molecular complexity index is 336. The summed E-state index contributed by atoms with van der Waals surface area (Å²) in [5.41, 5.74) is 1.38. The minimum absolute atomic E-state index is 0.376. The van der Waals surface area contributed by atoms with Crippen LogP contribution in [0.15, 0.2) is 28.6 Å². The molecule has 0 bridgehead atoms. The van der Waals surface area contributed by atoms with Gasteiger partial charge in [0.05, 0.1) is 6.04 Å². The average molecular weight is 191 g/mol. The summed E-state index contributed by atoms with van der Waals surface area (Å²) in [7, 11) is 0. The van der Waals surface area contributed by atoms with Gasteiger partial charge in [0, 0.05) is 11.1 Å². The van der Waals surface area contributed by atoms with E-state index in [4.69, 9.17) is 0 Å². The number of dihydropyridines is 1. The highest BCUT2D eigenvalue weighted by atomic mass is 32.1. The van der Waals surface area contributed by atoms with Crippen LogP contribution in [0.3, 0.4) is 0 Å². The molecule has 1 nitrogen and oxygen atoms in total. The first-order valence-corrected chi connectivity index (χ1v) is 5.53. The Hall–Kier alpha value is -0.890. The molecule has 0 fully saturated rings.